The monoisotopic (exact) mass is 368 g/mol. The Morgan fingerprint density at radius 3 is 2.71 bits per heavy atom. The molecule has 0 bridgehead atoms. The van der Waals surface area contributed by atoms with E-state index in [1.54, 1.807) is 0 Å². The maximum atomic E-state index is 5.48. The van der Waals surface area contributed by atoms with Gasteiger partial charge >= 0.3 is 0 Å². The van der Waals surface area contributed by atoms with Gasteiger partial charge in [0.05, 0.1) is 13.2 Å². The first-order chi connectivity index (χ1) is 13.9. The average Bonchev–Trinajstić information content (AvgIpc) is 3.11. The third-order valence-corrected chi connectivity index (χ3v) is 5.74. The molecule has 1 aliphatic carbocycles. The summed E-state index contributed by atoms with van der Waals surface area (Å²) in [6.45, 7) is 4.90. The van der Waals surface area contributed by atoms with Crippen LogP contribution in [0.4, 0.5) is 0 Å². The van der Waals surface area contributed by atoms with Crippen molar-refractivity contribution in [2.24, 2.45) is 0 Å². The summed E-state index contributed by atoms with van der Waals surface area (Å²) in [6, 6.07) is 17.3. The van der Waals surface area contributed by atoms with Gasteiger partial charge in [0, 0.05) is 37.4 Å². The zero-order valence-corrected chi connectivity index (χ0v) is 16.0. The number of pyridine rings is 1. The lowest BCUT2D eigenvalue weighted by atomic mass is 10.00. The number of rotatable bonds is 4. The van der Waals surface area contributed by atoms with Gasteiger partial charge in [-0.15, -0.1) is 0 Å². The van der Waals surface area contributed by atoms with Gasteiger partial charge < -0.3 is 4.74 Å². The Hall–Kier alpha value is -2.75. The van der Waals surface area contributed by atoms with Crippen molar-refractivity contribution in [2.45, 2.75) is 6.42 Å². The van der Waals surface area contributed by atoms with Crippen LogP contribution in [0.5, 0.6) is 0 Å². The standard InChI is InChI=1S/C25H24N2O/c1-2-7-25-22(16-19-4-3-5-21-18-26-10-8-23(19)21)17-20(24(25)6-1)9-11-27-12-14-28-15-13-27/h1-8,10,16-18H,9,11-15H2/b22-16+. The molecule has 1 aromatic heterocycles. The highest BCUT2D eigenvalue weighted by atomic mass is 16.5. The third-order valence-electron chi connectivity index (χ3n) is 5.74. The Morgan fingerprint density at radius 2 is 1.82 bits per heavy atom. The van der Waals surface area contributed by atoms with Gasteiger partial charge in [0.15, 0.2) is 0 Å². The SMILES string of the molecule is C1=C(CCN2CCOCC2)c2ccccc2/C1=C/c1cccc2cnccc12. The molecule has 0 radical (unpaired) electrons. The van der Waals surface area contributed by atoms with Crippen molar-refractivity contribution in [3.63, 3.8) is 0 Å². The van der Waals surface area contributed by atoms with Gasteiger partial charge in [-0.3, -0.25) is 9.88 Å². The van der Waals surface area contributed by atoms with Crippen molar-refractivity contribution >= 4 is 28.0 Å². The third kappa shape index (κ3) is 3.39. The summed E-state index contributed by atoms with van der Waals surface area (Å²) >= 11 is 0. The van der Waals surface area contributed by atoms with Gasteiger partial charge in [0.25, 0.3) is 0 Å². The molecule has 0 spiro atoms. The minimum Gasteiger partial charge on any atom is -0.379 e. The first-order valence-electron chi connectivity index (χ1n) is 10.0. The number of hydrogen-bond donors (Lipinski definition) is 0. The van der Waals surface area contributed by atoms with Crippen molar-refractivity contribution in [1.29, 1.82) is 0 Å². The Morgan fingerprint density at radius 1 is 0.964 bits per heavy atom. The number of nitrogens with zero attached hydrogens (tertiary/aromatic N) is 2. The number of allylic oxidation sites excluding steroid dienone is 2. The maximum absolute atomic E-state index is 5.48. The van der Waals surface area contributed by atoms with Crippen LogP contribution in [0.3, 0.4) is 0 Å². The summed E-state index contributed by atoms with van der Waals surface area (Å²) in [5.41, 5.74) is 6.71. The van der Waals surface area contributed by atoms with Crippen molar-refractivity contribution in [3.8, 4) is 0 Å². The Labute approximate surface area is 166 Å². The second-order valence-corrected chi connectivity index (χ2v) is 7.46. The molecule has 1 aliphatic heterocycles. The van der Waals surface area contributed by atoms with Crippen LogP contribution in [0, 0.1) is 0 Å². The van der Waals surface area contributed by atoms with Crippen LogP contribution < -0.4 is 0 Å². The number of fused-ring (bicyclic) bond motifs is 2. The fraction of sp³-hybridized carbons (Fsp3) is 0.240. The Bertz CT molecular complexity index is 1060. The van der Waals surface area contributed by atoms with Crippen LogP contribution in [0.2, 0.25) is 0 Å². The van der Waals surface area contributed by atoms with E-state index in [0.717, 1.165) is 39.3 Å². The molecule has 5 rings (SSSR count). The fourth-order valence-corrected chi connectivity index (χ4v) is 4.23. The van der Waals surface area contributed by atoms with Gasteiger partial charge in [-0.05, 0) is 51.8 Å². The molecule has 28 heavy (non-hydrogen) atoms. The molecule has 3 nitrogen and oxygen atoms in total. The zero-order chi connectivity index (χ0) is 18.8. The van der Waals surface area contributed by atoms with Crippen LogP contribution in [0.25, 0.3) is 28.0 Å². The average molecular weight is 368 g/mol. The molecule has 0 atom stereocenters. The summed E-state index contributed by atoms with van der Waals surface area (Å²) in [6.07, 6.45) is 9.59. The van der Waals surface area contributed by atoms with Crippen LogP contribution in [0.1, 0.15) is 23.1 Å². The molecular formula is C25H24N2O. The highest BCUT2D eigenvalue weighted by Crippen LogP contribution is 2.38. The molecule has 2 heterocycles. The van der Waals surface area contributed by atoms with Crippen LogP contribution in [0.15, 0.2) is 67.0 Å². The molecule has 0 unspecified atom stereocenters. The van der Waals surface area contributed by atoms with E-state index in [4.69, 9.17) is 4.74 Å². The van der Waals surface area contributed by atoms with Gasteiger partial charge in [-0.25, -0.2) is 0 Å². The maximum Gasteiger partial charge on any atom is 0.0594 e. The molecule has 3 aromatic rings. The zero-order valence-electron chi connectivity index (χ0n) is 16.0. The van der Waals surface area contributed by atoms with E-state index in [0.29, 0.717) is 0 Å². The van der Waals surface area contributed by atoms with E-state index in [2.05, 4.69) is 70.6 Å². The number of benzene rings is 2. The fourth-order valence-electron chi connectivity index (χ4n) is 4.23. The highest BCUT2D eigenvalue weighted by Gasteiger charge is 2.19. The minimum absolute atomic E-state index is 0.858. The minimum atomic E-state index is 0.858. The molecule has 2 aliphatic rings. The Kier molecular flexibility index (Phi) is 4.78. The smallest absolute Gasteiger partial charge is 0.0594 e. The van der Waals surface area contributed by atoms with E-state index >= 15 is 0 Å². The lowest BCUT2D eigenvalue weighted by Crippen LogP contribution is -2.36. The number of aromatic nitrogens is 1. The van der Waals surface area contributed by atoms with Crippen molar-refractivity contribution in [1.82, 2.24) is 9.88 Å². The summed E-state index contributed by atoms with van der Waals surface area (Å²) < 4.78 is 5.48. The summed E-state index contributed by atoms with van der Waals surface area (Å²) in [5, 5.41) is 2.43. The second kappa shape index (κ2) is 7.70. The van der Waals surface area contributed by atoms with E-state index in [9.17, 15) is 0 Å². The highest BCUT2D eigenvalue weighted by molar-refractivity contribution is 6.04. The molecule has 3 heteroatoms. The first-order valence-corrected chi connectivity index (χ1v) is 10.0. The summed E-state index contributed by atoms with van der Waals surface area (Å²) in [5.74, 6) is 0. The van der Waals surface area contributed by atoms with Crippen LogP contribution >= 0.6 is 0 Å². The first kappa shape index (κ1) is 17.4. The topological polar surface area (TPSA) is 25.4 Å². The predicted octanol–water partition coefficient (Wildman–Crippen LogP) is 4.89. The second-order valence-electron chi connectivity index (χ2n) is 7.46. The molecule has 1 fully saturated rings. The molecule has 0 N–H and O–H groups in total. The van der Waals surface area contributed by atoms with E-state index in [-0.39, 0.29) is 0 Å². The predicted molar refractivity (Wildman–Crippen MR) is 116 cm³/mol. The molecule has 0 amide bonds. The molecule has 140 valence electrons. The van der Waals surface area contributed by atoms with Gasteiger partial charge in [-0.2, -0.15) is 0 Å². The number of morpholine rings is 1. The van der Waals surface area contributed by atoms with Crippen molar-refractivity contribution < 1.29 is 4.74 Å². The van der Waals surface area contributed by atoms with E-state index in [1.165, 1.54) is 38.6 Å². The van der Waals surface area contributed by atoms with E-state index < -0.39 is 0 Å². The van der Waals surface area contributed by atoms with Crippen molar-refractivity contribution in [3.05, 3.63) is 83.7 Å². The van der Waals surface area contributed by atoms with Crippen LogP contribution in [-0.2, 0) is 4.74 Å². The molecule has 0 saturated carbocycles. The summed E-state index contributed by atoms with van der Waals surface area (Å²) in [7, 11) is 0. The van der Waals surface area contributed by atoms with E-state index in [1.807, 2.05) is 12.4 Å². The van der Waals surface area contributed by atoms with Crippen LogP contribution in [-0.4, -0.2) is 42.7 Å². The molecular weight excluding hydrogens is 344 g/mol. The lowest BCUT2D eigenvalue weighted by molar-refractivity contribution is 0.0390. The van der Waals surface area contributed by atoms with Gasteiger partial charge in [-0.1, -0.05) is 48.5 Å². The lowest BCUT2D eigenvalue weighted by Gasteiger charge is -2.26. The number of ether oxygens (including phenoxy) is 1. The molecule has 1 saturated heterocycles. The number of hydrogen-bond acceptors (Lipinski definition) is 3. The van der Waals surface area contributed by atoms with Gasteiger partial charge in [0.1, 0.15) is 0 Å². The van der Waals surface area contributed by atoms with Gasteiger partial charge in [0.2, 0.25) is 0 Å². The summed E-state index contributed by atoms with van der Waals surface area (Å²) in [4.78, 5) is 6.76. The largest absolute Gasteiger partial charge is 0.379 e. The van der Waals surface area contributed by atoms with Crippen molar-refractivity contribution in [2.75, 3.05) is 32.8 Å². The quantitative estimate of drug-likeness (QED) is 0.655. The normalized spacial score (nSPS) is 18.4. The Balaban J connectivity index is 1.48. The molecule has 2 aromatic carbocycles.